The van der Waals surface area contributed by atoms with Crippen LogP contribution >= 0.6 is 0 Å². The first-order valence-corrected chi connectivity index (χ1v) is 5.04. The van der Waals surface area contributed by atoms with Crippen molar-refractivity contribution in [2.75, 3.05) is 12.8 Å². The van der Waals surface area contributed by atoms with E-state index in [2.05, 4.69) is 23.3 Å². The van der Waals surface area contributed by atoms with Crippen LogP contribution in [0.4, 0.5) is 5.82 Å². The number of rotatable bonds is 2. The quantitative estimate of drug-likeness (QED) is 0.782. The van der Waals surface area contributed by atoms with Crippen LogP contribution in [0.2, 0.25) is 0 Å². The van der Waals surface area contributed by atoms with Gasteiger partial charge in [0.15, 0.2) is 0 Å². The molecule has 3 nitrogen and oxygen atoms in total. The lowest BCUT2D eigenvalue weighted by molar-refractivity contribution is 0.655. The third-order valence-corrected chi connectivity index (χ3v) is 2.76. The van der Waals surface area contributed by atoms with Crippen molar-refractivity contribution >= 4 is 16.6 Å². The molecule has 0 aliphatic carbocycles. The van der Waals surface area contributed by atoms with E-state index in [1.54, 1.807) is 0 Å². The van der Waals surface area contributed by atoms with E-state index in [0.29, 0.717) is 5.82 Å². The van der Waals surface area contributed by atoms with E-state index < -0.39 is 0 Å². The van der Waals surface area contributed by atoms with E-state index in [9.17, 15) is 0 Å². The minimum Gasteiger partial charge on any atom is -0.383 e. The molecule has 1 atom stereocenters. The van der Waals surface area contributed by atoms with Gasteiger partial charge in [0.25, 0.3) is 0 Å². The minimum absolute atomic E-state index is 0.281. The molecule has 1 aromatic carbocycles. The zero-order valence-corrected chi connectivity index (χ0v) is 8.99. The molecule has 15 heavy (non-hydrogen) atoms. The van der Waals surface area contributed by atoms with Crippen molar-refractivity contribution in [3.63, 3.8) is 0 Å². The first-order chi connectivity index (χ1) is 7.24. The van der Waals surface area contributed by atoms with Gasteiger partial charge in [-0.15, -0.1) is 0 Å². The summed E-state index contributed by atoms with van der Waals surface area (Å²) in [6, 6.07) is 8.37. The predicted molar refractivity (Wildman–Crippen MR) is 63.6 cm³/mol. The van der Waals surface area contributed by atoms with E-state index in [1.165, 1.54) is 10.9 Å². The number of nitrogen functional groups attached to an aromatic ring is 1. The van der Waals surface area contributed by atoms with Gasteiger partial charge in [-0.1, -0.05) is 24.3 Å². The molecule has 0 amide bonds. The fourth-order valence-electron chi connectivity index (χ4n) is 1.74. The zero-order valence-electron chi connectivity index (χ0n) is 8.99. The topological polar surface area (TPSA) is 50.9 Å². The van der Waals surface area contributed by atoms with Gasteiger partial charge in [-0.3, -0.25) is 0 Å². The summed E-state index contributed by atoms with van der Waals surface area (Å²) in [5.74, 6) is 0.595. The Morgan fingerprint density at radius 2 is 1.93 bits per heavy atom. The number of hydrogen-bond donors (Lipinski definition) is 2. The zero-order chi connectivity index (χ0) is 10.8. The Hall–Kier alpha value is -1.61. The van der Waals surface area contributed by atoms with Gasteiger partial charge in [0, 0.05) is 17.6 Å². The number of hydrogen-bond acceptors (Lipinski definition) is 3. The van der Waals surface area contributed by atoms with Crippen molar-refractivity contribution in [2.24, 2.45) is 0 Å². The van der Waals surface area contributed by atoms with Crippen molar-refractivity contribution in [3.8, 4) is 0 Å². The Bertz CT molecular complexity index is 479. The van der Waals surface area contributed by atoms with Crippen molar-refractivity contribution in [3.05, 3.63) is 36.0 Å². The molecule has 0 aliphatic heterocycles. The van der Waals surface area contributed by atoms with Crippen LogP contribution in [0.3, 0.4) is 0 Å². The summed E-state index contributed by atoms with van der Waals surface area (Å²) in [5, 5.41) is 5.41. The second kappa shape index (κ2) is 3.87. The molecule has 0 fully saturated rings. The number of nitrogens with two attached hydrogens (primary N) is 1. The number of benzene rings is 1. The monoisotopic (exact) mass is 201 g/mol. The second-order valence-corrected chi connectivity index (χ2v) is 3.65. The van der Waals surface area contributed by atoms with Crippen molar-refractivity contribution in [1.29, 1.82) is 0 Å². The highest BCUT2D eigenvalue weighted by Crippen LogP contribution is 2.26. The normalized spacial score (nSPS) is 12.9. The van der Waals surface area contributed by atoms with Crippen molar-refractivity contribution in [2.45, 2.75) is 13.0 Å². The summed E-state index contributed by atoms with van der Waals surface area (Å²) in [6.07, 6.45) is 1.85. The van der Waals surface area contributed by atoms with Gasteiger partial charge < -0.3 is 11.1 Å². The maximum atomic E-state index is 5.84. The first-order valence-electron chi connectivity index (χ1n) is 5.04. The van der Waals surface area contributed by atoms with Gasteiger partial charge in [0.2, 0.25) is 0 Å². The molecule has 0 aliphatic rings. The number of nitrogens with zero attached hydrogens (tertiary/aromatic N) is 1. The third kappa shape index (κ3) is 1.66. The lowest BCUT2D eigenvalue weighted by Crippen LogP contribution is -2.13. The molecule has 0 saturated heterocycles. The molecule has 0 saturated carbocycles. The summed E-state index contributed by atoms with van der Waals surface area (Å²) in [4.78, 5) is 4.21. The Labute approximate surface area is 89.3 Å². The Morgan fingerprint density at radius 1 is 1.27 bits per heavy atom. The molecule has 1 unspecified atom stereocenters. The second-order valence-electron chi connectivity index (χ2n) is 3.65. The average molecular weight is 201 g/mol. The highest BCUT2D eigenvalue weighted by atomic mass is 14.9. The fraction of sp³-hybridized carbons (Fsp3) is 0.250. The average Bonchev–Trinajstić information content (AvgIpc) is 2.29. The van der Waals surface area contributed by atoms with Gasteiger partial charge in [-0.05, 0) is 24.9 Å². The van der Waals surface area contributed by atoms with Crippen LogP contribution in [-0.4, -0.2) is 12.0 Å². The molecule has 0 radical (unpaired) electrons. The van der Waals surface area contributed by atoms with Crippen LogP contribution in [-0.2, 0) is 0 Å². The summed E-state index contributed by atoms with van der Waals surface area (Å²) >= 11 is 0. The van der Waals surface area contributed by atoms with Crippen LogP contribution < -0.4 is 11.1 Å². The van der Waals surface area contributed by atoms with E-state index in [1.807, 2.05) is 31.4 Å². The SMILES string of the molecule is CNC(C)c1cnc(N)c2ccccc12. The number of nitrogens with one attached hydrogen (secondary N) is 1. The highest BCUT2D eigenvalue weighted by molar-refractivity contribution is 5.93. The Balaban J connectivity index is 2.71. The van der Waals surface area contributed by atoms with Crippen molar-refractivity contribution in [1.82, 2.24) is 10.3 Å². The maximum Gasteiger partial charge on any atom is 0.131 e. The van der Waals surface area contributed by atoms with Gasteiger partial charge in [-0.2, -0.15) is 0 Å². The molecule has 1 heterocycles. The van der Waals surface area contributed by atoms with Gasteiger partial charge in [0.1, 0.15) is 5.82 Å². The maximum absolute atomic E-state index is 5.84. The van der Waals surface area contributed by atoms with Crippen LogP contribution in [0, 0.1) is 0 Å². The van der Waals surface area contributed by atoms with E-state index >= 15 is 0 Å². The van der Waals surface area contributed by atoms with E-state index in [4.69, 9.17) is 5.73 Å². The number of anilines is 1. The Morgan fingerprint density at radius 3 is 2.60 bits per heavy atom. The molecular weight excluding hydrogens is 186 g/mol. The lowest BCUT2D eigenvalue weighted by Gasteiger charge is -2.13. The van der Waals surface area contributed by atoms with Gasteiger partial charge in [0.05, 0.1) is 0 Å². The summed E-state index contributed by atoms with van der Waals surface area (Å²) < 4.78 is 0. The molecular formula is C12H15N3. The van der Waals surface area contributed by atoms with Crippen LogP contribution in [0.1, 0.15) is 18.5 Å². The van der Waals surface area contributed by atoms with E-state index in [0.717, 1.165) is 5.39 Å². The number of fused-ring (bicyclic) bond motifs is 1. The van der Waals surface area contributed by atoms with Gasteiger partial charge >= 0.3 is 0 Å². The smallest absolute Gasteiger partial charge is 0.131 e. The fourth-order valence-corrected chi connectivity index (χ4v) is 1.74. The molecule has 0 spiro atoms. The molecule has 78 valence electrons. The number of pyridine rings is 1. The Kier molecular flexibility index (Phi) is 2.56. The first kappa shape index (κ1) is 9.93. The largest absolute Gasteiger partial charge is 0.383 e. The van der Waals surface area contributed by atoms with Gasteiger partial charge in [-0.25, -0.2) is 4.98 Å². The van der Waals surface area contributed by atoms with E-state index in [-0.39, 0.29) is 6.04 Å². The molecule has 0 bridgehead atoms. The molecule has 3 heteroatoms. The number of aromatic nitrogens is 1. The molecule has 2 aromatic rings. The van der Waals surface area contributed by atoms with Crippen molar-refractivity contribution < 1.29 is 0 Å². The predicted octanol–water partition coefficient (Wildman–Crippen LogP) is 2.10. The summed E-state index contributed by atoms with van der Waals surface area (Å²) in [6.45, 7) is 2.11. The summed E-state index contributed by atoms with van der Waals surface area (Å²) in [7, 11) is 1.94. The minimum atomic E-state index is 0.281. The highest BCUT2D eigenvalue weighted by Gasteiger charge is 2.09. The molecule has 1 aromatic heterocycles. The lowest BCUT2D eigenvalue weighted by atomic mass is 10.0. The van der Waals surface area contributed by atoms with Crippen LogP contribution in [0.5, 0.6) is 0 Å². The summed E-state index contributed by atoms with van der Waals surface area (Å²) in [5.41, 5.74) is 7.02. The molecule has 2 rings (SSSR count). The van der Waals surface area contributed by atoms with Crippen LogP contribution in [0.25, 0.3) is 10.8 Å². The third-order valence-electron chi connectivity index (χ3n) is 2.76. The van der Waals surface area contributed by atoms with Crippen LogP contribution in [0.15, 0.2) is 30.5 Å². The molecule has 3 N–H and O–H groups in total. The standard InChI is InChI=1S/C12H15N3/c1-8(14-2)11-7-15-12(13)10-6-4-3-5-9(10)11/h3-8,14H,1-2H3,(H2,13,15).